The first-order valence-electron chi connectivity index (χ1n) is 19.0. The van der Waals surface area contributed by atoms with E-state index in [2.05, 4.69) is 21.9 Å². The van der Waals surface area contributed by atoms with Gasteiger partial charge in [0.25, 0.3) is 5.91 Å². The molecule has 0 aromatic heterocycles. The minimum Gasteiger partial charge on any atom is -0.457 e. The summed E-state index contributed by atoms with van der Waals surface area (Å²) in [5.74, 6) is -2.43. The van der Waals surface area contributed by atoms with Gasteiger partial charge in [-0.3, -0.25) is 29.2 Å². The maximum absolute atomic E-state index is 14.6. The van der Waals surface area contributed by atoms with Crippen LogP contribution in [0, 0.1) is 17.3 Å². The summed E-state index contributed by atoms with van der Waals surface area (Å²) in [4.78, 5) is 72.1. The normalized spacial score (nSPS) is 24.2. The van der Waals surface area contributed by atoms with Crippen molar-refractivity contribution in [1.82, 2.24) is 19.8 Å². The number of carbonyl (C=O) groups is 5. The van der Waals surface area contributed by atoms with Crippen molar-refractivity contribution < 1.29 is 41.9 Å². The molecular formula is C40H51N5O9S. The van der Waals surface area contributed by atoms with Crippen LogP contribution in [-0.2, 0) is 33.9 Å². The van der Waals surface area contributed by atoms with Crippen LogP contribution in [-0.4, -0.2) is 90.5 Å². The third-order valence-corrected chi connectivity index (χ3v) is 12.7. The van der Waals surface area contributed by atoms with Gasteiger partial charge in [0, 0.05) is 43.6 Å². The van der Waals surface area contributed by atoms with E-state index in [9.17, 15) is 32.4 Å². The Labute approximate surface area is 322 Å². The second-order valence-corrected chi connectivity index (χ2v) is 18.0. The number of likely N-dealkylation sites (tertiary alicyclic amines) is 2. The van der Waals surface area contributed by atoms with E-state index in [1.165, 1.54) is 11.0 Å². The lowest BCUT2D eigenvalue weighted by atomic mass is 9.77. The summed E-state index contributed by atoms with van der Waals surface area (Å²) in [5.41, 5.74) is -1.87. The number of anilines is 1. The molecule has 6 rings (SSSR count). The van der Waals surface area contributed by atoms with Crippen LogP contribution < -0.4 is 20.1 Å². The lowest BCUT2D eigenvalue weighted by molar-refractivity contribution is -0.148. The fraction of sp³-hybridized carbons (Fsp3) is 0.525. The number of hydrogen-bond donors (Lipinski definition) is 3. The maximum Gasteiger partial charge on any atom is 0.411 e. The molecule has 5 amide bonds. The predicted molar refractivity (Wildman–Crippen MR) is 204 cm³/mol. The molecule has 2 saturated carbocycles. The Morgan fingerprint density at radius 3 is 2.31 bits per heavy atom. The molecule has 2 saturated heterocycles. The average Bonchev–Trinajstić information content (AvgIpc) is 4.07. The fourth-order valence-electron chi connectivity index (χ4n) is 7.37. The molecule has 0 bridgehead atoms. The van der Waals surface area contributed by atoms with Gasteiger partial charge < -0.3 is 24.6 Å². The molecule has 2 aliphatic heterocycles. The van der Waals surface area contributed by atoms with E-state index in [1.807, 2.05) is 39.0 Å². The van der Waals surface area contributed by atoms with Crippen molar-refractivity contribution in [2.75, 3.05) is 25.0 Å². The Morgan fingerprint density at radius 2 is 1.67 bits per heavy atom. The van der Waals surface area contributed by atoms with Gasteiger partial charge in [-0.15, -0.1) is 6.58 Å². The van der Waals surface area contributed by atoms with Crippen LogP contribution in [0.25, 0.3) is 0 Å². The van der Waals surface area contributed by atoms with Crippen LogP contribution in [0.15, 0.2) is 67.3 Å². The van der Waals surface area contributed by atoms with Gasteiger partial charge in [0.15, 0.2) is 0 Å². The largest absolute Gasteiger partial charge is 0.457 e. The van der Waals surface area contributed by atoms with Gasteiger partial charge >= 0.3 is 6.09 Å². The summed E-state index contributed by atoms with van der Waals surface area (Å²) in [5, 5.41) is 4.80. The molecule has 296 valence electrons. The van der Waals surface area contributed by atoms with Gasteiger partial charge in [-0.25, -0.2) is 13.2 Å². The molecule has 4 aliphatic rings. The van der Waals surface area contributed by atoms with E-state index in [1.54, 1.807) is 41.3 Å². The highest BCUT2D eigenvalue weighted by molar-refractivity contribution is 7.91. The summed E-state index contributed by atoms with van der Waals surface area (Å²) in [7, 11) is -3.91. The van der Waals surface area contributed by atoms with Crippen LogP contribution >= 0.6 is 0 Å². The highest BCUT2D eigenvalue weighted by atomic mass is 32.2. The minimum absolute atomic E-state index is 0.0650. The SMILES string of the molecule is C=C[C@@H]1C[C@]1(NC(=O)[C@@H]1C[C@@H](OC(=O)Nc2cccc(Oc3ccccc3)c2)CN1C(=O)[C@@H](CC(=O)N1CCCCC1)C(C)(C)C)C(=O)NS(=O)(=O)C1CC1. The number of hydrogen-bond acceptors (Lipinski definition) is 9. The van der Waals surface area contributed by atoms with E-state index >= 15 is 0 Å². The molecule has 0 radical (unpaired) electrons. The Balaban J connectivity index is 1.20. The molecule has 3 N–H and O–H groups in total. The van der Waals surface area contributed by atoms with Crippen molar-refractivity contribution in [3.05, 3.63) is 67.3 Å². The number of para-hydroxylation sites is 1. The van der Waals surface area contributed by atoms with Crippen LogP contribution in [0.5, 0.6) is 11.5 Å². The molecule has 2 aromatic rings. The number of nitrogens with zero attached hydrogens (tertiary/aromatic N) is 2. The van der Waals surface area contributed by atoms with Crippen molar-refractivity contribution in [2.45, 2.75) is 95.1 Å². The smallest absolute Gasteiger partial charge is 0.411 e. The average molecular weight is 778 g/mol. The summed E-state index contributed by atoms with van der Waals surface area (Å²) >= 11 is 0. The molecule has 4 fully saturated rings. The molecule has 5 atom stereocenters. The number of amides is 5. The van der Waals surface area contributed by atoms with Crippen molar-refractivity contribution in [3.63, 3.8) is 0 Å². The van der Waals surface area contributed by atoms with E-state index in [4.69, 9.17) is 9.47 Å². The first kappa shape index (κ1) is 39.8. The molecule has 0 spiro atoms. The van der Waals surface area contributed by atoms with E-state index < -0.39 is 74.0 Å². The number of ether oxygens (including phenoxy) is 2. The Kier molecular flexibility index (Phi) is 11.6. The number of sulfonamides is 1. The van der Waals surface area contributed by atoms with Gasteiger partial charge in [-0.05, 0) is 68.2 Å². The number of nitrogens with one attached hydrogen (secondary N) is 3. The zero-order valence-corrected chi connectivity index (χ0v) is 32.4. The standard InChI is InChI=1S/C40H51N5O9S/c1-5-26-24-40(26,37(49)43-55(51,52)31-17-18-31)42-35(47)33-22-30(54-38(50)41-27-13-12-16-29(21-27)53-28-14-8-6-9-15-28)25-45(33)36(48)32(39(2,3)4)23-34(46)44-19-10-7-11-20-44/h5-6,8-9,12-16,21,26,30-33H,1,7,10-11,17-20,22-25H2,2-4H3,(H,41,50)(H,42,47)(H,43,49)/t26-,30-,32-,33+,40-/m1/s1. The second kappa shape index (κ2) is 16.0. The highest BCUT2D eigenvalue weighted by Crippen LogP contribution is 2.46. The van der Waals surface area contributed by atoms with Crippen LogP contribution in [0.4, 0.5) is 10.5 Å². The lowest BCUT2D eigenvalue weighted by Crippen LogP contribution is -2.57. The third-order valence-electron chi connectivity index (χ3n) is 10.9. The van der Waals surface area contributed by atoms with Crippen LogP contribution in [0.2, 0.25) is 0 Å². The van der Waals surface area contributed by atoms with E-state index in [0.29, 0.717) is 43.1 Å². The van der Waals surface area contributed by atoms with Crippen molar-refractivity contribution in [3.8, 4) is 11.5 Å². The first-order valence-corrected chi connectivity index (χ1v) is 20.5. The zero-order valence-electron chi connectivity index (χ0n) is 31.6. The molecular weight excluding hydrogens is 727 g/mol. The second-order valence-electron chi connectivity index (χ2n) is 16.1. The van der Waals surface area contributed by atoms with Crippen LogP contribution in [0.3, 0.4) is 0 Å². The quantitative estimate of drug-likeness (QED) is 0.243. The van der Waals surface area contributed by atoms with Gasteiger partial charge in [0.05, 0.1) is 17.7 Å². The van der Waals surface area contributed by atoms with Crippen molar-refractivity contribution >= 4 is 45.4 Å². The minimum atomic E-state index is -3.91. The van der Waals surface area contributed by atoms with Crippen LogP contribution in [0.1, 0.15) is 72.1 Å². The molecule has 55 heavy (non-hydrogen) atoms. The monoisotopic (exact) mass is 777 g/mol. The molecule has 2 aromatic carbocycles. The summed E-state index contributed by atoms with van der Waals surface area (Å²) in [6, 6.07) is 14.7. The topological polar surface area (TPSA) is 181 Å². The molecule has 14 nitrogen and oxygen atoms in total. The predicted octanol–water partition coefficient (Wildman–Crippen LogP) is 4.73. The van der Waals surface area contributed by atoms with E-state index in [-0.39, 0.29) is 31.7 Å². The van der Waals surface area contributed by atoms with Gasteiger partial charge in [0.2, 0.25) is 27.7 Å². The van der Waals surface area contributed by atoms with Crippen molar-refractivity contribution in [1.29, 1.82) is 0 Å². The molecule has 2 heterocycles. The maximum atomic E-state index is 14.6. The number of piperidine rings is 1. The molecule has 15 heteroatoms. The first-order chi connectivity index (χ1) is 26.1. The summed E-state index contributed by atoms with van der Waals surface area (Å²) in [6.45, 7) is 10.4. The number of rotatable bonds is 13. The summed E-state index contributed by atoms with van der Waals surface area (Å²) in [6.07, 6.45) is 3.40. The molecule has 0 unspecified atom stereocenters. The van der Waals surface area contributed by atoms with E-state index in [0.717, 1.165) is 19.3 Å². The zero-order chi connectivity index (χ0) is 39.5. The van der Waals surface area contributed by atoms with Gasteiger partial charge in [0.1, 0.15) is 29.2 Å². The van der Waals surface area contributed by atoms with Crippen molar-refractivity contribution in [2.24, 2.45) is 17.3 Å². The highest BCUT2D eigenvalue weighted by Gasteiger charge is 2.62. The third kappa shape index (κ3) is 9.49. The Hall–Kier alpha value is -4.92. The van der Waals surface area contributed by atoms with Gasteiger partial charge in [-0.1, -0.05) is 51.1 Å². The number of benzene rings is 2. The Morgan fingerprint density at radius 1 is 0.982 bits per heavy atom. The lowest BCUT2D eigenvalue weighted by Gasteiger charge is -2.36. The molecule has 2 aliphatic carbocycles. The Bertz CT molecular complexity index is 1910. The summed E-state index contributed by atoms with van der Waals surface area (Å²) < 4.78 is 39.2. The fourth-order valence-corrected chi connectivity index (χ4v) is 8.73. The number of carbonyl (C=O) groups excluding carboxylic acids is 5. The van der Waals surface area contributed by atoms with Gasteiger partial charge in [-0.2, -0.15) is 0 Å².